The van der Waals surface area contributed by atoms with Crippen LogP contribution in [0.3, 0.4) is 0 Å². The summed E-state index contributed by atoms with van der Waals surface area (Å²) in [4.78, 5) is 26.4. The van der Waals surface area contributed by atoms with Gasteiger partial charge < -0.3 is 10.2 Å². The Balaban J connectivity index is 1.41. The Bertz CT molecular complexity index is 539. The molecule has 0 aromatic carbocycles. The van der Waals surface area contributed by atoms with Crippen molar-refractivity contribution in [2.75, 3.05) is 13.1 Å². The maximum absolute atomic E-state index is 12.3. The van der Waals surface area contributed by atoms with E-state index in [0.717, 1.165) is 19.3 Å². The molecule has 1 N–H and O–H groups in total. The Hall–Kier alpha value is -1.90. The molecule has 0 spiro atoms. The van der Waals surface area contributed by atoms with Crippen LogP contribution in [-0.2, 0) is 9.59 Å². The van der Waals surface area contributed by atoms with Crippen molar-refractivity contribution in [1.29, 1.82) is 0 Å². The van der Waals surface area contributed by atoms with E-state index in [2.05, 4.69) is 21.5 Å². The summed E-state index contributed by atoms with van der Waals surface area (Å²) in [7, 11) is 0. The molecule has 6 nitrogen and oxygen atoms in total. The minimum atomic E-state index is -0.360. The lowest BCUT2D eigenvalue weighted by Gasteiger charge is -2.23. The molecule has 3 aliphatic rings. The zero-order chi connectivity index (χ0) is 16.3. The van der Waals surface area contributed by atoms with E-state index in [1.54, 1.807) is 0 Å². The van der Waals surface area contributed by atoms with Crippen LogP contribution in [0, 0.1) is 18.3 Å². The summed E-state index contributed by atoms with van der Waals surface area (Å²) >= 11 is 0. The van der Waals surface area contributed by atoms with Gasteiger partial charge in [0.25, 0.3) is 0 Å². The molecule has 0 radical (unpaired) electrons. The van der Waals surface area contributed by atoms with Gasteiger partial charge in [-0.25, -0.2) is 0 Å². The fourth-order valence-corrected chi connectivity index (χ4v) is 3.67. The van der Waals surface area contributed by atoms with Crippen LogP contribution in [0.4, 0.5) is 0 Å². The summed E-state index contributed by atoms with van der Waals surface area (Å²) in [6.07, 6.45) is 12.2. The van der Waals surface area contributed by atoms with E-state index in [-0.39, 0.29) is 23.4 Å². The topological polar surface area (TPSA) is 74.1 Å². The lowest BCUT2D eigenvalue weighted by atomic mass is 10.0. The van der Waals surface area contributed by atoms with Crippen molar-refractivity contribution in [1.82, 2.24) is 10.2 Å². The van der Waals surface area contributed by atoms with Crippen molar-refractivity contribution in [3.8, 4) is 12.3 Å². The van der Waals surface area contributed by atoms with Crippen LogP contribution < -0.4 is 5.32 Å². The van der Waals surface area contributed by atoms with E-state index >= 15 is 0 Å². The molecule has 2 fully saturated rings. The molecule has 3 rings (SSSR count). The van der Waals surface area contributed by atoms with Gasteiger partial charge >= 0.3 is 0 Å². The van der Waals surface area contributed by atoms with Crippen LogP contribution in [0.25, 0.3) is 0 Å². The van der Waals surface area contributed by atoms with Gasteiger partial charge in [-0.15, -0.1) is 12.3 Å². The number of nitrogens with one attached hydrogen (secondary N) is 1. The van der Waals surface area contributed by atoms with Gasteiger partial charge in [0.05, 0.1) is 5.92 Å². The van der Waals surface area contributed by atoms with Crippen molar-refractivity contribution in [3.05, 3.63) is 0 Å². The summed E-state index contributed by atoms with van der Waals surface area (Å²) < 4.78 is 0. The zero-order valence-electron chi connectivity index (χ0n) is 13.5. The van der Waals surface area contributed by atoms with E-state index in [0.29, 0.717) is 38.4 Å². The molecule has 2 amide bonds. The highest BCUT2D eigenvalue weighted by Crippen LogP contribution is 2.36. The van der Waals surface area contributed by atoms with E-state index in [4.69, 9.17) is 6.42 Å². The normalized spacial score (nSPS) is 25.6. The van der Waals surface area contributed by atoms with E-state index < -0.39 is 0 Å². The summed E-state index contributed by atoms with van der Waals surface area (Å²) in [5, 5.41) is 11.1. The van der Waals surface area contributed by atoms with Crippen LogP contribution in [-0.4, -0.2) is 41.5 Å². The average Bonchev–Trinajstić information content (AvgIpc) is 2.95. The molecule has 1 atom stereocenters. The molecule has 6 heteroatoms. The average molecular weight is 316 g/mol. The lowest BCUT2D eigenvalue weighted by Crippen LogP contribution is -2.37. The first-order chi connectivity index (χ1) is 11.1. The monoisotopic (exact) mass is 316 g/mol. The van der Waals surface area contributed by atoms with Crippen molar-refractivity contribution in [2.24, 2.45) is 16.1 Å². The Morgan fingerprint density at radius 1 is 1.35 bits per heavy atom. The first-order valence-corrected chi connectivity index (χ1v) is 8.58. The number of carbonyl (C=O) groups is 2. The number of rotatable bonds is 7. The fraction of sp³-hybridized carbons (Fsp3) is 0.765. The van der Waals surface area contributed by atoms with Crippen LogP contribution >= 0.6 is 0 Å². The smallest absolute Gasteiger partial charge is 0.225 e. The minimum Gasteiger partial charge on any atom is -0.356 e. The van der Waals surface area contributed by atoms with Gasteiger partial charge in [-0.1, -0.05) is 12.8 Å². The van der Waals surface area contributed by atoms with E-state index in [9.17, 15) is 9.59 Å². The predicted molar refractivity (Wildman–Crippen MR) is 85.4 cm³/mol. The summed E-state index contributed by atoms with van der Waals surface area (Å²) in [6.45, 7) is 1.11. The van der Waals surface area contributed by atoms with Crippen LogP contribution in [0.2, 0.25) is 0 Å². The molecule has 0 aromatic heterocycles. The number of likely N-dealkylation sites (tertiary alicyclic amines) is 1. The summed E-state index contributed by atoms with van der Waals surface area (Å²) in [5.41, 5.74) is -0.360. The second kappa shape index (κ2) is 6.69. The minimum absolute atomic E-state index is 0.0217. The van der Waals surface area contributed by atoms with Crippen molar-refractivity contribution in [2.45, 2.75) is 63.1 Å². The molecular formula is C17H24N4O2. The highest BCUT2D eigenvalue weighted by Gasteiger charge is 2.40. The molecule has 1 saturated carbocycles. The van der Waals surface area contributed by atoms with Gasteiger partial charge in [0.15, 0.2) is 5.66 Å². The Morgan fingerprint density at radius 2 is 2.09 bits per heavy atom. The van der Waals surface area contributed by atoms with Gasteiger partial charge in [0, 0.05) is 44.8 Å². The number of nitrogens with zero attached hydrogens (tertiary/aromatic N) is 3. The third-order valence-electron chi connectivity index (χ3n) is 5.17. The molecule has 0 aromatic rings. The Kier molecular flexibility index (Phi) is 4.65. The number of hydrogen-bond donors (Lipinski definition) is 1. The van der Waals surface area contributed by atoms with Crippen molar-refractivity contribution < 1.29 is 9.59 Å². The maximum Gasteiger partial charge on any atom is 0.225 e. The number of carbonyl (C=O) groups excluding carboxylic acids is 2. The van der Waals surface area contributed by atoms with Gasteiger partial charge in [-0.3, -0.25) is 9.59 Å². The van der Waals surface area contributed by atoms with Gasteiger partial charge in [-0.2, -0.15) is 10.2 Å². The van der Waals surface area contributed by atoms with Crippen molar-refractivity contribution >= 4 is 11.8 Å². The second-order valence-corrected chi connectivity index (χ2v) is 6.81. The highest BCUT2D eigenvalue weighted by atomic mass is 16.2. The van der Waals surface area contributed by atoms with Gasteiger partial charge in [0.2, 0.25) is 11.8 Å². The molecule has 0 bridgehead atoms. The van der Waals surface area contributed by atoms with Crippen LogP contribution in [0.5, 0.6) is 0 Å². The van der Waals surface area contributed by atoms with E-state index in [1.165, 1.54) is 12.8 Å². The SMILES string of the molecule is C#CCCC1(CCNC(=O)C2CC(=O)N(C3CCCC3)C2)N=N1. The van der Waals surface area contributed by atoms with Crippen molar-refractivity contribution in [3.63, 3.8) is 0 Å². The molecule has 1 aliphatic carbocycles. The number of terminal acetylenes is 1. The van der Waals surface area contributed by atoms with E-state index in [1.807, 2.05) is 4.90 Å². The summed E-state index contributed by atoms with van der Waals surface area (Å²) in [5.74, 6) is 2.50. The quantitative estimate of drug-likeness (QED) is 0.728. The molecule has 23 heavy (non-hydrogen) atoms. The second-order valence-electron chi connectivity index (χ2n) is 6.81. The Morgan fingerprint density at radius 3 is 2.74 bits per heavy atom. The molecule has 124 valence electrons. The van der Waals surface area contributed by atoms with Gasteiger partial charge in [0.1, 0.15) is 0 Å². The largest absolute Gasteiger partial charge is 0.356 e. The Labute approximate surface area is 137 Å². The number of hydrogen-bond acceptors (Lipinski definition) is 4. The first kappa shape index (κ1) is 16.0. The highest BCUT2D eigenvalue weighted by molar-refractivity contribution is 5.89. The zero-order valence-corrected chi connectivity index (χ0v) is 13.5. The third-order valence-corrected chi connectivity index (χ3v) is 5.17. The van der Waals surface area contributed by atoms with Crippen LogP contribution in [0.1, 0.15) is 51.4 Å². The molecular weight excluding hydrogens is 292 g/mol. The molecule has 1 saturated heterocycles. The maximum atomic E-state index is 12.3. The molecule has 1 unspecified atom stereocenters. The fourth-order valence-electron chi connectivity index (χ4n) is 3.67. The predicted octanol–water partition coefficient (Wildman–Crippen LogP) is 1.86. The summed E-state index contributed by atoms with van der Waals surface area (Å²) in [6, 6.07) is 0.358. The van der Waals surface area contributed by atoms with Crippen LogP contribution in [0.15, 0.2) is 10.2 Å². The standard InChI is InChI=1S/C17H24N4O2/c1-2-3-8-17(19-20-17)9-10-18-16(23)13-11-15(22)21(12-13)14-6-4-5-7-14/h1,13-14H,3-12H2,(H,18,23). The lowest BCUT2D eigenvalue weighted by molar-refractivity contribution is -0.130. The first-order valence-electron chi connectivity index (χ1n) is 8.58. The third kappa shape index (κ3) is 3.72. The molecule has 2 aliphatic heterocycles. The molecule has 2 heterocycles. The van der Waals surface area contributed by atoms with Gasteiger partial charge in [-0.05, 0) is 12.8 Å². The number of amides is 2.